The highest BCUT2D eigenvalue weighted by Crippen LogP contribution is 2.59. The molecule has 4 bridgehead atoms. The number of rotatable bonds is 7. The Balaban J connectivity index is 1.25. The fourth-order valence-corrected chi connectivity index (χ4v) is 6.19. The van der Waals surface area contributed by atoms with E-state index in [0.29, 0.717) is 12.0 Å². The van der Waals surface area contributed by atoms with Crippen LogP contribution in [0.4, 0.5) is 0 Å². The normalized spacial score (nSPS) is 32.0. The molecule has 4 saturated carbocycles. The van der Waals surface area contributed by atoms with Gasteiger partial charge in [0.2, 0.25) is 5.91 Å². The van der Waals surface area contributed by atoms with Crippen LogP contribution in [0.15, 0.2) is 24.3 Å². The Morgan fingerprint density at radius 2 is 1.69 bits per heavy atom. The van der Waals surface area contributed by atoms with Gasteiger partial charge in [-0.05, 0) is 86.4 Å². The first-order valence-corrected chi connectivity index (χ1v) is 10.1. The number of likely N-dealkylation sites (N-methyl/N-ethyl adjacent to an activating group) is 1. The number of methoxy groups -OCH3 is 1. The highest BCUT2D eigenvalue weighted by atomic mass is 16.5. The van der Waals surface area contributed by atoms with Crippen molar-refractivity contribution in [3.8, 4) is 5.75 Å². The molecule has 4 aliphatic carbocycles. The third kappa shape index (κ3) is 3.90. The molecule has 0 saturated heterocycles. The molecule has 1 amide bonds. The van der Waals surface area contributed by atoms with E-state index in [2.05, 4.69) is 22.3 Å². The lowest BCUT2D eigenvalue weighted by Gasteiger charge is -2.56. The lowest BCUT2D eigenvalue weighted by atomic mass is 9.49. The van der Waals surface area contributed by atoms with Gasteiger partial charge in [0.05, 0.1) is 13.7 Å². The molecule has 26 heavy (non-hydrogen) atoms. The minimum Gasteiger partial charge on any atom is -0.497 e. The molecule has 4 aliphatic rings. The maximum Gasteiger partial charge on any atom is 0.234 e. The first-order valence-electron chi connectivity index (χ1n) is 10.1. The Hall–Kier alpha value is -1.55. The van der Waals surface area contributed by atoms with E-state index < -0.39 is 0 Å². The molecule has 0 unspecified atom stereocenters. The van der Waals surface area contributed by atoms with Gasteiger partial charge in [0.1, 0.15) is 5.75 Å². The van der Waals surface area contributed by atoms with Gasteiger partial charge in [0.25, 0.3) is 0 Å². The number of hydrogen-bond acceptors (Lipinski definition) is 3. The van der Waals surface area contributed by atoms with E-state index in [1.807, 2.05) is 19.2 Å². The van der Waals surface area contributed by atoms with Gasteiger partial charge in [0.15, 0.2) is 0 Å². The summed E-state index contributed by atoms with van der Waals surface area (Å²) in [7, 11) is 3.68. The number of carbonyl (C=O) groups excluding carboxylic acids is 1. The van der Waals surface area contributed by atoms with Crippen LogP contribution >= 0.6 is 0 Å². The fourth-order valence-electron chi connectivity index (χ4n) is 6.19. The topological polar surface area (TPSA) is 41.6 Å². The average molecular weight is 357 g/mol. The summed E-state index contributed by atoms with van der Waals surface area (Å²) in [6, 6.07) is 8.05. The smallest absolute Gasteiger partial charge is 0.234 e. The standard InChI is InChI=1S/C22H32N2O2/c1-24(13-16-3-5-20(26-2)6-4-16)14-21(25)23-15-22-10-17-7-18(11-22)9-19(8-17)12-22/h3-6,17-19H,7-15H2,1-2H3,(H,23,25). The third-order valence-electron chi connectivity index (χ3n) is 6.85. The van der Waals surface area contributed by atoms with Crippen LogP contribution < -0.4 is 10.1 Å². The molecule has 0 radical (unpaired) electrons. The van der Waals surface area contributed by atoms with Crippen molar-refractivity contribution in [2.45, 2.75) is 45.1 Å². The summed E-state index contributed by atoms with van der Waals surface area (Å²) in [6.07, 6.45) is 8.41. The number of nitrogens with zero attached hydrogens (tertiary/aromatic N) is 1. The van der Waals surface area contributed by atoms with Crippen molar-refractivity contribution >= 4 is 5.91 Å². The van der Waals surface area contributed by atoms with Crippen molar-refractivity contribution in [3.63, 3.8) is 0 Å². The molecule has 0 heterocycles. The molecule has 5 rings (SSSR count). The molecule has 1 N–H and O–H groups in total. The van der Waals surface area contributed by atoms with Gasteiger partial charge in [-0.1, -0.05) is 12.1 Å². The van der Waals surface area contributed by atoms with Crippen LogP contribution in [-0.4, -0.2) is 38.1 Å². The van der Waals surface area contributed by atoms with E-state index in [1.54, 1.807) is 7.11 Å². The molecule has 4 nitrogen and oxygen atoms in total. The summed E-state index contributed by atoms with van der Waals surface area (Å²) in [5, 5.41) is 3.27. The zero-order valence-corrected chi connectivity index (χ0v) is 16.2. The van der Waals surface area contributed by atoms with Crippen molar-refractivity contribution in [2.24, 2.45) is 23.2 Å². The Labute approximate surface area is 157 Å². The molecule has 0 atom stereocenters. The summed E-state index contributed by atoms with van der Waals surface area (Å²) < 4.78 is 5.19. The van der Waals surface area contributed by atoms with Gasteiger partial charge in [0, 0.05) is 13.1 Å². The van der Waals surface area contributed by atoms with E-state index in [0.717, 1.165) is 36.6 Å². The molecule has 1 aromatic rings. The predicted molar refractivity (Wildman–Crippen MR) is 103 cm³/mol. The van der Waals surface area contributed by atoms with Gasteiger partial charge >= 0.3 is 0 Å². The van der Waals surface area contributed by atoms with Crippen LogP contribution in [0, 0.1) is 23.2 Å². The SMILES string of the molecule is COc1ccc(CN(C)CC(=O)NCC23CC4CC(CC(C4)C2)C3)cc1. The Morgan fingerprint density at radius 1 is 1.12 bits per heavy atom. The maximum absolute atomic E-state index is 12.5. The highest BCUT2D eigenvalue weighted by molar-refractivity contribution is 5.78. The maximum atomic E-state index is 12.5. The molecule has 1 aromatic carbocycles. The quantitative estimate of drug-likeness (QED) is 0.813. The zero-order chi connectivity index (χ0) is 18.1. The fraction of sp³-hybridized carbons (Fsp3) is 0.682. The summed E-state index contributed by atoms with van der Waals surface area (Å²) in [4.78, 5) is 14.5. The van der Waals surface area contributed by atoms with Crippen LogP contribution in [-0.2, 0) is 11.3 Å². The minimum absolute atomic E-state index is 0.164. The van der Waals surface area contributed by atoms with Crippen LogP contribution in [0.1, 0.15) is 44.1 Å². The average Bonchev–Trinajstić information content (AvgIpc) is 2.59. The Bertz CT molecular complexity index is 605. The summed E-state index contributed by atoms with van der Waals surface area (Å²) >= 11 is 0. The van der Waals surface area contributed by atoms with Crippen molar-refractivity contribution < 1.29 is 9.53 Å². The van der Waals surface area contributed by atoms with Gasteiger partial charge < -0.3 is 10.1 Å². The molecule has 0 spiro atoms. The van der Waals surface area contributed by atoms with Gasteiger partial charge in [-0.15, -0.1) is 0 Å². The zero-order valence-electron chi connectivity index (χ0n) is 16.2. The van der Waals surface area contributed by atoms with Crippen LogP contribution in [0.2, 0.25) is 0 Å². The van der Waals surface area contributed by atoms with Crippen molar-refractivity contribution in [1.29, 1.82) is 0 Å². The van der Waals surface area contributed by atoms with Crippen LogP contribution in [0.25, 0.3) is 0 Å². The largest absolute Gasteiger partial charge is 0.497 e. The Morgan fingerprint density at radius 3 is 2.23 bits per heavy atom. The van der Waals surface area contributed by atoms with Gasteiger partial charge in [-0.2, -0.15) is 0 Å². The number of carbonyl (C=O) groups is 1. The summed E-state index contributed by atoms with van der Waals surface area (Å²) in [6.45, 7) is 2.12. The molecule has 0 aliphatic heterocycles. The third-order valence-corrected chi connectivity index (χ3v) is 6.85. The molecule has 142 valence electrons. The number of amides is 1. The Kier molecular flexibility index (Phi) is 4.96. The summed E-state index contributed by atoms with van der Waals surface area (Å²) in [5.41, 5.74) is 1.61. The van der Waals surface area contributed by atoms with E-state index in [4.69, 9.17) is 4.74 Å². The van der Waals surface area contributed by atoms with Crippen molar-refractivity contribution in [2.75, 3.05) is 27.2 Å². The monoisotopic (exact) mass is 356 g/mol. The lowest BCUT2D eigenvalue weighted by molar-refractivity contribution is -0.124. The first-order chi connectivity index (χ1) is 12.5. The second-order valence-corrected chi connectivity index (χ2v) is 9.21. The molecule has 4 fully saturated rings. The molecule has 0 aromatic heterocycles. The first kappa shape index (κ1) is 17.8. The molecule has 4 heteroatoms. The molecular formula is C22H32N2O2. The van der Waals surface area contributed by atoms with Crippen LogP contribution in [0.3, 0.4) is 0 Å². The van der Waals surface area contributed by atoms with Crippen molar-refractivity contribution in [3.05, 3.63) is 29.8 Å². The van der Waals surface area contributed by atoms with Gasteiger partial charge in [-0.25, -0.2) is 0 Å². The van der Waals surface area contributed by atoms with E-state index >= 15 is 0 Å². The number of benzene rings is 1. The van der Waals surface area contributed by atoms with Crippen LogP contribution in [0.5, 0.6) is 5.75 Å². The number of nitrogens with one attached hydrogen (secondary N) is 1. The van der Waals surface area contributed by atoms with Gasteiger partial charge in [-0.3, -0.25) is 9.69 Å². The summed E-state index contributed by atoms with van der Waals surface area (Å²) in [5.74, 6) is 3.85. The minimum atomic E-state index is 0.164. The second-order valence-electron chi connectivity index (χ2n) is 9.21. The second kappa shape index (κ2) is 7.22. The highest BCUT2D eigenvalue weighted by Gasteiger charge is 2.50. The number of ether oxygens (including phenoxy) is 1. The molecular weight excluding hydrogens is 324 g/mol. The predicted octanol–water partition coefficient (Wildman–Crippen LogP) is 3.46. The van der Waals surface area contributed by atoms with E-state index in [-0.39, 0.29) is 5.91 Å². The van der Waals surface area contributed by atoms with E-state index in [1.165, 1.54) is 44.1 Å². The van der Waals surface area contributed by atoms with Crippen molar-refractivity contribution in [1.82, 2.24) is 10.2 Å². The van der Waals surface area contributed by atoms with E-state index in [9.17, 15) is 4.79 Å². The lowest BCUT2D eigenvalue weighted by Crippen LogP contribution is -2.51. The number of hydrogen-bond donors (Lipinski definition) is 1.